The molecule has 2 unspecified atom stereocenters. The molecule has 2 amide bonds. The molecule has 2 aromatic carbocycles. The van der Waals surface area contributed by atoms with Crippen molar-refractivity contribution in [3.63, 3.8) is 0 Å². The van der Waals surface area contributed by atoms with Crippen LogP contribution >= 0.6 is 0 Å². The monoisotopic (exact) mass is 464 g/mol. The second kappa shape index (κ2) is 8.76. The van der Waals surface area contributed by atoms with Gasteiger partial charge in [0.25, 0.3) is 0 Å². The van der Waals surface area contributed by atoms with Crippen LogP contribution in [0.5, 0.6) is 0 Å². The number of rotatable bonds is 7. The second-order valence-electron chi connectivity index (χ2n) is 9.61. The highest BCUT2D eigenvalue weighted by molar-refractivity contribution is 5.84. The fraction of sp³-hybridized carbons (Fsp3) is 0.423. The third kappa shape index (κ3) is 4.03. The molecule has 0 aromatic heterocycles. The fourth-order valence-corrected chi connectivity index (χ4v) is 5.02. The molecule has 2 aliphatic carbocycles. The number of ether oxygens (including phenoxy) is 2. The van der Waals surface area contributed by atoms with E-state index in [2.05, 4.69) is 34.9 Å². The number of benzene rings is 2. The number of carboxylic acid groups (broad SMARTS) is 1. The number of hydrogen-bond donors (Lipinski definition) is 3. The SMILES string of the molecule is CC1(C(=O)O)COCC1NC(=O)[C@@H]1C[C@@H]1CNC(=O)OCC1c2ccccc2-c2ccccc21. The molecule has 3 aliphatic rings. The Bertz CT molecular complexity index is 1090. The summed E-state index contributed by atoms with van der Waals surface area (Å²) in [5, 5.41) is 15.0. The van der Waals surface area contributed by atoms with Crippen molar-refractivity contribution in [1.82, 2.24) is 10.6 Å². The molecule has 5 rings (SSSR count). The Morgan fingerprint density at radius 2 is 1.74 bits per heavy atom. The molecule has 0 bridgehead atoms. The molecular formula is C26H28N2O6. The van der Waals surface area contributed by atoms with Crippen molar-refractivity contribution in [2.24, 2.45) is 17.3 Å². The molecule has 2 fully saturated rings. The first-order valence-corrected chi connectivity index (χ1v) is 11.6. The van der Waals surface area contributed by atoms with Crippen molar-refractivity contribution < 1.29 is 29.0 Å². The fourth-order valence-electron chi connectivity index (χ4n) is 5.02. The highest BCUT2D eigenvalue weighted by Crippen LogP contribution is 2.44. The van der Waals surface area contributed by atoms with Crippen LogP contribution in [-0.4, -0.2) is 55.5 Å². The summed E-state index contributed by atoms with van der Waals surface area (Å²) in [4.78, 5) is 36.5. The van der Waals surface area contributed by atoms with Gasteiger partial charge in [-0.05, 0) is 41.5 Å². The van der Waals surface area contributed by atoms with Gasteiger partial charge in [-0.15, -0.1) is 0 Å². The molecular weight excluding hydrogens is 436 g/mol. The zero-order valence-electron chi connectivity index (χ0n) is 19.0. The number of aliphatic carboxylic acids is 1. The van der Waals surface area contributed by atoms with Crippen LogP contribution in [-0.2, 0) is 19.1 Å². The molecule has 2 aromatic rings. The Morgan fingerprint density at radius 3 is 2.38 bits per heavy atom. The van der Waals surface area contributed by atoms with Crippen LogP contribution in [0, 0.1) is 17.3 Å². The molecule has 1 heterocycles. The minimum atomic E-state index is -1.13. The molecule has 8 heteroatoms. The summed E-state index contributed by atoms with van der Waals surface area (Å²) in [5.41, 5.74) is 3.52. The molecule has 0 radical (unpaired) electrons. The smallest absolute Gasteiger partial charge is 0.407 e. The molecule has 178 valence electrons. The summed E-state index contributed by atoms with van der Waals surface area (Å²) in [6.07, 6.45) is 0.142. The van der Waals surface area contributed by atoms with E-state index in [-0.39, 0.29) is 43.5 Å². The number of hydrogen-bond acceptors (Lipinski definition) is 5. The van der Waals surface area contributed by atoms with Crippen molar-refractivity contribution in [3.05, 3.63) is 59.7 Å². The molecule has 8 nitrogen and oxygen atoms in total. The molecule has 4 atom stereocenters. The van der Waals surface area contributed by atoms with Crippen LogP contribution in [0.15, 0.2) is 48.5 Å². The van der Waals surface area contributed by atoms with Crippen molar-refractivity contribution in [2.75, 3.05) is 26.4 Å². The van der Waals surface area contributed by atoms with E-state index in [9.17, 15) is 19.5 Å². The van der Waals surface area contributed by atoms with E-state index >= 15 is 0 Å². The molecule has 1 saturated heterocycles. The Labute approximate surface area is 197 Å². The van der Waals surface area contributed by atoms with E-state index in [1.807, 2.05) is 24.3 Å². The molecule has 34 heavy (non-hydrogen) atoms. The van der Waals surface area contributed by atoms with Gasteiger partial charge in [-0.1, -0.05) is 48.5 Å². The normalized spacial score (nSPS) is 26.9. The second-order valence-corrected chi connectivity index (χ2v) is 9.61. The number of carbonyl (C=O) groups excluding carboxylic acids is 2. The standard InChI is InChI=1S/C26H28N2O6/c1-26(24(30)31)14-33-13-22(26)28-23(29)20-10-15(20)11-27-25(32)34-12-21-18-8-4-2-6-16(18)17-7-3-5-9-19(17)21/h2-9,15,20-22H,10-14H2,1H3,(H,27,32)(H,28,29)(H,30,31)/t15-,20-,22?,26?/m1/s1. The summed E-state index contributed by atoms with van der Waals surface area (Å²) >= 11 is 0. The Morgan fingerprint density at radius 1 is 1.09 bits per heavy atom. The number of amides is 2. The van der Waals surface area contributed by atoms with Gasteiger partial charge in [0.05, 0.1) is 19.3 Å². The molecule has 3 N–H and O–H groups in total. The van der Waals surface area contributed by atoms with Gasteiger partial charge >= 0.3 is 12.1 Å². The van der Waals surface area contributed by atoms with Gasteiger partial charge in [-0.3, -0.25) is 9.59 Å². The lowest BCUT2D eigenvalue weighted by molar-refractivity contribution is -0.149. The van der Waals surface area contributed by atoms with Crippen LogP contribution in [0.4, 0.5) is 4.79 Å². The first-order chi connectivity index (χ1) is 16.4. The van der Waals surface area contributed by atoms with E-state index in [1.165, 1.54) is 11.1 Å². The summed E-state index contributed by atoms with van der Waals surface area (Å²) < 4.78 is 10.8. The minimum absolute atomic E-state index is 0.00484. The van der Waals surface area contributed by atoms with E-state index in [4.69, 9.17) is 9.47 Å². The van der Waals surface area contributed by atoms with E-state index in [0.29, 0.717) is 13.0 Å². The lowest BCUT2D eigenvalue weighted by Crippen LogP contribution is -2.50. The Hall–Kier alpha value is -3.39. The van der Waals surface area contributed by atoms with Gasteiger partial charge in [0.15, 0.2) is 0 Å². The van der Waals surface area contributed by atoms with Gasteiger partial charge in [-0.2, -0.15) is 0 Å². The zero-order chi connectivity index (χ0) is 23.9. The topological polar surface area (TPSA) is 114 Å². The molecule has 1 aliphatic heterocycles. The number of carbonyl (C=O) groups is 3. The predicted molar refractivity (Wildman–Crippen MR) is 123 cm³/mol. The summed E-state index contributed by atoms with van der Waals surface area (Å²) in [6.45, 7) is 2.42. The quantitative estimate of drug-likeness (QED) is 0.581. The Kier molecular flexibility index (Phi) is 5.77. The van der Waals surface area contributed by atoms with Crippen molar-refractivity contribution in [2.45, 2.75) is 25.3 Å². The Balaban J connectivity index is 1.10. The highest BCUT2D eigenvalue weighted by Gasteiger charge is 2.50. The number of fused-ring (bicyclic) bond motifs is 3. The van der Waals surface area contributed by atoms with Crippen LogP contribution in [0.25, 0.3) is 11.1 Å². The lowest BCUT2D eigenvalue weighted by Gasteiger charge is -2.25. The van der Waals surface area contributed by atoms with Crippen molar-refractivity contribution in [3.8, 4) is 11.1 Å². The maximum absolute atomic E-state index is 12.6. The van der Waals surface area contributed by atoms with Crippen LogP contribution < -0.4 is 10.6 Å². The molecule has 0 spiro atoms. The van der Waals surface area contributed by atoms with Crippen LogP contribution in [0.1, 0.15) is 30.4 Å². The third-order valence-electron chi connectivity index (χ3n) is 7.37. The maximum Gasteiger partial charge on any atom is 0.407 e. The minimum Gasteiger partial charge on any atom is -0.481 e. The first-order valence-electron chi connectivity index (χ1n) is 11.6. The predicted octanol–water partition coefficient (Wildman–Crippen LogP) is 2.77. The van der Waals surface area contributed by atoms with Gasteiger partial charge in [0.2, 0.25) is 5.91 Å². The maximum atomic E-state index is 12.6. The largest absolute Gasteiger partial charge is 0.481 e. The van der Waals surface area contributed by atoms with Crippen LogP contribution in [0.3, 0.4) is 0 Å². The molecule has 1 saturated carbocycles. The highest BCUT2D eigenvalue weighted by atomic mass is 16.5. The summed E-state index contributed by atoms with van der Waals surface area (Å²) in [5.74, 6) is -1.41. The van der Waals surface area contributed by atoms with Gasteiger partial charge < -0.3 is 25.2 Å². The summed E-state index contributed by atoms with van der Waals surface area (Å²) in [7, 11) is 0. The van der Waals surface area contributed by atoms with Gasteiger partial charge in [-0.25, -0.2) is 4.79 Å². The van der Waals surface area contributed by atoms with Crippen LogP contribution in [0.2, 0.25) is 0 Å². The lowest BCUT2D eigenvalue weighted by atomic mass is 9.85. The van der Waals surface area contributed by atoms with Crippen molar-refractivity contribution >= 4 is 18.0 Å². The van der Waals surface area contributed by atoms with Gasteiger partial charge in [0.1, 0.15) is 12.0 Å². The number of carboxylic acids is 1. The van der Waals surface area contributed by atoms with Crippen molar-refractivity contribution in [1.29, 1.82) is 0 Å². The average molecular weight is 465 g/mol. The van der Waals surface area contributed by atoms with Gasteiger partial charge in [0, 0.05) is 18.4 Å². The number of nitrogens with one attached hydrogen (secondary N) is 2. The third-order valence-corrected chi connectivity index (χ3v) is 7.37. The van der Waals surface area contributed by atoms with E-state index < -0.39 is 23.5 Å². The van der Waals surface area contributed by atoms with E-state index in [0.717, 1.165) is 11.1 Å². The summed E-state index contributed by atoms with van der Waals surface area (Å²) in [6, 6.07) is 15.8. The zero-order valence-corrected chi connectivity index (χ0v) is 19.0. The van der Waals surface area contributed by atoms with E-state index in [1.54, 1.807) is 6.92 Å². The number of alkyl carbamates (subject to hydrolysis) is 1. The first kappa shape index (κ1) is 22.4. The average Bonchev–Trinajstić information content (AvgIpc) is 3.43.